The van der Waals surface area contributed by atoms with Gasteiger partial charge in [0.25, 0.3) is 0 Å². The van der Waals surface area contributed by atoms with Crippen molar-refractivity contribution in [3.8, 4) is 6.07 Å². The van der Waals surface area contributed by atoms with Crippen LogP contribution in [-0.2, 0) is 6.18 Å². The summed E-state index contributed by atoms with van der Waals surface area (Å²) in [5.41, 5.74) is 1.21. The van der Waals surface area contributed by atoms with Crippen molar-refractivity contribution in [1.29, 1.82) is 5.26 Å². The molecule has 1 saturated heterocycles. The van der Waals surface area contributed by atoms with E-state index in [0.717, 1.165) is 36.2 Å². The van der Waals surface area contributed by atoms with Gasteiger partial charge >= 0.3 is 12.2 Å². The van der Waals surface area contributed by atoms with Crippen LogP contribution in [0.25, 0.3) is 11.0 Å². The summed E-state index contributed by atoms with van der Waals surface area (Å²) in [6.07, 6.45) is -2.24. The third-order valence-electron chi connectivity index (χ3n) is 5.46. The van der Waals surface area contributed by atoms with Crippen molar-refractivity contribution in [3.05, 3.63) is 53.6 Å². The quantitative estimate of drug-likeness (QED) is 0.570. The second-order valence-corrected chi connectivity index (χ2v) is 7.71. The van der Waals surface area contributed by atoms with E-state index in [1.165, 1.54) is 0 Å². The number of nitriles is 1. The zero-order valence-electron chi connectivity index (χ0n) is 17.1. The lowest BCUT2D eigenvalue weighted by molar-refractivity contribution is -0.141. The number of aromatic amines is 1. The van der Waals surface area contributed by atoms with Gasteiger partial charge in [-0.15, -0.1) is 0 Å². The first-order chi connectivity index (χ1) is 15.2. The van der Waals surface area contributed by atoms with E-state index in [-0.39, 0.29) is 17.8 Å². The second-order valence-electron chi connectivity index (χ2n) is 7.71. The molecule has 1 fully saturated rings. The molecule has 2 atom stereocenters. The molecule has 8 nitrogen and oxygen atoms in total. The molecule has 1 aliphatic rings. The van der Waals surface area contributed by atoms with Gasteiger partial charge in [-0.1, -0.05) is 0 Å². The normalized spacial score (nSPS) is 19.5. The highest BCUT2D eigenvalue weighted by atomic mass is 19.4. The van der Waals surface area contributed by atoms with Crippen molar-refractivity contribution in [2.45, 2.75) is 31.1 Å². The molecule has 0 aliphatic carbocycles. The number of pyridine rings is 1. The second kappa shape index (κ2) is 8.47. The summed E-state index contributed by atoms with van der Waals surface area (Å²) in [6.45, 7) is 0.720. The highest BCUT2D eigenvalue weighted by molar-refractivity contribution is 5.89. The van der Waals surface area contributed by atoms with Crippen LogP contribution in [0.15, 0.2) is 36.5 Å². The lowest BCUT2D eigenvalue weighted by Crippen LogP contribution is -2.46. The number of halogens is 3. The maximum Gasteiger partial charge on any atom is 0.433 e. The van der Waals surface area contributed by atoms with E-state index in [9.17, 15) is 18.0 Å². The molecule has 0 unspecified atom stereocenters. The zero-order chi connectivity index (χ0) is 22.9. The van der Waals surface area contributed by atoms with Crippen LogP contribution >= 0.6 is 0 Å². The molecule has 11 heteroatoms. The summed E-state index contributed by atoms with van der Waals surface area (Å²) in [5.74, 6) is 0.747. The highest BCUT2D eigenvalue weighted by Gasteiger charge is 2.32. The van der Waals surface area contributed by atoms with Crippen LogP contribution in [0.1, 0.15) is 36.0 Å². The molecule has 3 aromatic rings. The molecule has 32 heavy (non-hydrogen) atoms. The number of amides is 2. The third kappa shape index (κ3) is 4.65. The number of carbonyl (C=O) groups is 1. The first kappa shape index (κ1) is 21.6. The summed E-state index contributed by atoms with van der Waals surface area (Å²) < 4.78 is 37.9. The third-order valence-corrected chi connectivity index (χ3v) is 5.46. The standard InChI is InChI=1S/C21H20F3N7O/c1-31-7-6-13(27-20(32)28-14-3-5-18(26-11-14)21(22,23)24)9-17(31)19-29-15-4-2-12(10-25)8-16(15)30-19/h2-5,8,11,13,17H,6-7,9H2,1H3,(H,29,30)(H2,27,28,32)/t13-,17-/m1/s1. The smallest absolute Gasteiger partial charge is 0.341 e. The number of anilines is 1. The van der Waals surface area contributed by atoms with Gasteiger partial charge < -0.3 is 15.6 Å². The molecular weight excluding hydrogens is 423 g/mol. The molecule has 3 heterocycles. The number of aromatic nitrogens is 3. The number of rotatable bonds is 3. The SMILES string of the molecule is CN1CC[C@@H](NC(=O)Nc2ccc(C(F)(F)F)nc2)C[C@@H]1c1nc2cc(C#N)ccc2[nH]1. The van der Waals surface area contributed by atoms with Gasteiger partial charge in [0.05, 0.1) is 40.6 Å². The fourth-order valence-corrected chi connectivity index (χ4v) is 3.78. The summed E-state index contributed by atoms with van der Waals surface area (Å²) in [4.78, 5) is 25.7. The molecule has 0 saturated carbocycles. The molecule has 4 rings (SSSR count). The van der Waals surface area contributed by atoms with Crippen LogP contribution in [0, 0.1) is 11.3 Å². The number of hydrogen-bond donors (Lipinski definition) is 3. The van der Waals surface area contributed by atoms with Gasteiger partial charge in [0.15, 0.2) is 0 Å². The summed E-state index contributed by atoms with van der Waals surface area (Å²) in [5, 5.41) is 14.5. The van der Waals surface area contributed by atoms with E-state index in [4.69, 9.17) is 5.26 Å². The zero-order valence-corrected chi connectivity index (χ0v) is 17.1. The van der Waals surface area contributed by atoms with E-state index in [1.54, 1.807) is 12.1 Å². The lowest BCUT2D eigenvalue weighted by atomic mass is 9.97. The molecule has 2 amide bonds. The maximum absolute atomic E-state index is 12.6. The molecule has 3 N–H and O–H groups in total. The van der Waals surface area contributed by atoms with Crippen molar-refractivity contribution < 1.29 is 18.0 Å². The number of nitrogens with one attached hydrogen (secondary N) is 3. The Morgan fingerprint density at radius 1 is 1.31 bits per heavy atom. The van der Waals surface area contributed by atoms with E-state index >= 15 is 0 Å². The minimum absolute atomic E-state index is 0.0697. The Bertz CT molecular complexity index is 1170. The average Bonchev–Trinajstić information content (AvgIpc) is 3.17. The number of H-pyrrole nitrogens is 1. The van der Waals surface area contributed by atoms with Crippen molar-refractivity contribution in [2.24, 2.45) is 0 Å². The van der Waals surface area contributed by atoms with Gasteiger partial charge in [0.2, 0.25) is 0 Å². The predicted molar refractivity (Wildman–Crippen MR) is 111 cm³/mol. The number of imidazole rings is 1. The van der Waals surface area contributed by atoms with Crippen LogP contribution < -0.4 is 10.6 Å². The summed E-state index contributed by atoms with van der Waals surface area (Å²) >= 11 is 0. The first-order valence-electron chi connectivity index (χ1n) is 9.93. The van der Waals surface area contributed by atoms with E-state index < -0.39 is 17.9 Å². The minimum atomic E-state index is -4.53. The predicted octanol–water partition coefficient (Wildman–Crippen LogP) is 3.81. The fourth-order valence-electron chi connectivity index (χ4n) is 3.78. The number of piperidine rings is 1. The largest absolute Gasteiger partial charge is 0.433 e. The van der Waals surface area contributed by atoms with E-state index in [1.807, 2.05) is 13.1 Å². The number of hydrogen-bond acceptors (Lipinski definition) is 5. The Morgan fingerprint density at radius 2 is 2.12 bits per heavy atom. The summed E-state index contributed by atoms with van der Waals surface area (Å²) in [6, 6.07) is 8.61. The van der Waals surface area contributed by atoms with Crippen molar-refractivity contribution in [2.75, 3.05) is 18.9 Å². The molecular formula is C21H20F3N7O. The Kier molecular flexibility index (Phi) is 5.71. The number of benzene rings is 1. The van der Waals surface area contributed by atoms with Gasteiger partial charge in [0, 0.05) is 12.6 Å². The first-order valence-corrected chi connectivity index (χ1v) is 9.93. The highest BCUT2D eigenvalue weighted by Crippen LogP contribution is 2.30. The Balaban J connectivity index is 1.41. The van der Waals surface area contributed by atoms with Crippen LogP contribution in [-0.4, -0.2) is 45.5 Å². The van der Waals surface area contributed by atoms with Crippen molar-refractivity contribution in [3.63, 3.8) is 0 Å². The Morgan fingerprint density at radius 3 is 2.81 bits per heavy atom. The maximum atomic E-state index is 12.6. The fraction of sp³-hybridized carbons (Fsp3) is 0.333. The molecule has 1 aliphatic heterocycles. The summed E-state index contributed by atoms with van der Waals surface area (Å²) in [7, 11) is 1.97. The van der Waals surface area contributed by atoms with Crippen molar-refractivity contribution >= 4 is 22.8 Å². The molecule has 0 radical (unpaired) electrons. The van der Waals surface area contributed by atoms with Crippen LogP contribution in [0.3, 0.4) is 0 Å². The van der Waals surface area contributed by atoms with Gasteiger partial charge in [-0.2, -0.15) is 18.4 Å². The van der Waals surface area contributed by atoms with Crippen LogP contribution in [0.5, 0.6) is 0 Å². The van der Waals surface area contributed by atoms with Gasteiger partial charge in [-0.05, 0) is 50.2 Å². The number of urea groups is 1. The van der Waals surface area contributed by atoms with E-state index in [0.29, 0.717) is 23.9 Å². The Hall–Kier alpha value is -3.65. The average molecular weight is 443 g/mol. The molecule has 166 valence electrons. The minimum Gasteiger partial charge on any atom is -0.341 e. The van der Waals surface area contributed by atoms with Crippen LogP contribution in [0.4, 0.5) is 23.7 Å². The number of fused-ring (bicyclic) bond motifs is 1. The number of likely N-dealkylation sites (tertiary alicyclic amines) is 1. The van der Waals surface area contributed by atoms with Gasteiger partial charge in [-0.3, -0.25) is 4.90 Å². The number of alkyl halides is 3. The Labute approximate surface area is 181 Å². The molecule has 0 bridgehead atoms. The molecule has 2 aromatic heterocycles. The number of nitrogens with zero attached hydrogens (tertiary/aromatic N) is 4. The topological polar surface area (TPSA) is 110 Å². The number of carbonyl (C=O) groups excluding carboxylic acids is 1. The lowest BCUT2D eigenvalue weighted by Gasteiger charge is -2.36. The van der Waals surface area contributed by atoms with E-state index in [2.05, 4.69) is 36.6 Å². The molecule has 1 aromatic carbocycles. The van der Waals surface area contributed by atoms with Crippen LogP contribution in [0.2, 0.25) is 0 Å². The van der Waals surface area contributed by atoms with Gasteiger partial charge in [0.1, 0.15) is 11.5 Å². The molecule has 0 spiro atoms. The van der Waals surface area contributed by atoms with Gasteiger partial charge in [-0.25, -0.2) is 14.8 Å². The van der Waals surface area contributed by atoms with Crippen molar-refractivity contribution in [1.82, 2.24) is 25.2 Å². The monoisotopic (exact) mass is 443 g/mol.